The number of carbonyl (C=O) groups excluding carboxylic acids is 2. The van der Waals surface area contributed by atoms with E-state index in [1.165, 1.54) is 14.2 Å². The first-order valence-corrected chi connectivity index (χ1v) is 9.92. The smallest absolute Gasteiger partial charge is 0.343 e. The van der Waals surface area contributed by atoms with Crippen LogP contribution in [0.4, 0.5) is 0 Å². The van der Waals surface area contributed by atoms with E-state index in [-0.39, 0.29) is 30.3 Å². The number of hydrogen-bond acceptors (Lipinski definition) is 5. The summed E-state index contributed by atoms with van der Waals surface area (Å²) >= 11 is 18.5. The number of benzene rings is 2. The molecule has 0 radical (unpaired) electrons. The van der Waals surface area contributed by atoms with Gasteiger partial charge in [-0.15, -0.1) is 0 Å². The highest BCUT2D eigenvalue weighted by atomic mass is 35.5. The monoisotopic (exact) mass is 466 g/mol. The molecule has 1 amide bonds. The standard InChI is InChI=1S/C21H17Cl3N2O4/c1-29-20-15(21(28)30-2)8-11-6-13(22)7-12(19(11)26-20)10-25-18(27)9-14-16(23)4-3-5-17(14)24/h3-8H,9-10H2,1-2H3,(H,25,27). The fourth-order valence-corrected chi connectivity index (χ4v) is 3.75. The third kappa shape index (κ3) is 4.78. The number of aromatic nitrogens is 1. The lowest BCUT2D eigenvalue weighted by molar-refractivity contribution is -0.120. The van der Waals surface area contributed by atoms with E-state index in [4.69, 9.17) is 44.3 Å². The quantitative estimate of drug-likeness (QED) is 0.524. The van der Waals surface area contributed by atoms with E-state index in [1.807, 2.05) is 0 Å². The zero-order chi connectivity index (χ0) is 21.8. The third-order valence-electron chi connectivity index (χ3n) is 4.40. The lowest BCUT2D eigenvalue weighted by Gasteiger charge is -2.13. The summed E-state index contributed by atoms with van der Waals surface area (Å²) in [6, 6.07) is 10.0. The van der Waals surface area contributed by atoms with Crippen molar-refractivity contribution in [1.29, 1.82) is 0 Å². The van der Waals surface area contributed by atoms with Crippen LogP contribution < -0.4 is 10.1 Å². The van der Waals surface area contributed by atoms with Gasteiger partial charge in [0.1, 0.15) is 5.56 Å². The van der Waals surface area contributed by atoms with Gasteiger partial charge in [-0.1, -0.05) is 40.9 Å². The first kappa shape index (κ1) is 22.2. The molecule has 0 aliphatic rings. The number of halogens is 3. The Morgan fingerprint density at radius 2 is 1.77 bits per heavy atom. The largest absolute Gasteiger partial charge is 0.480 e. The first-order valence-electron chi connectivity index (χ1n) is 8.79. The maximum Gasteiger partial charge on any atom is 0.343 e. The zero-order valence-electron chi connectivity index (χ0n) is 16.1. The van der Waals surface area contributed by atoms with Gasteiger partial charge in [0, 0.05) is 27.0 Å². The number of ether oxygens (including phenoxy) is 2. The topological polar surface area (TPSA) is 77.5 Å². The first-order chi connectivity index (χ1) is 14.3. The summed E-state index contributed by atoms with van der Waals surface area (Å²) in [5.41, 5.74) is 1.93. The molecule has 0 atom stereocenters. The Balaban J connectivity index is 1.88. The van der Waals surface area contributed by atoms with Gasteiger partial charge in [-0.3, -0.25) is 4.79 Å². The molecule has 2 aromatic carbocycles. The lowest BCUT2D eigenvalue weighted by atomic mass is 10.1. The third-order valence-corrected chi connectivity index (χ3v) is 5.33. The van der Waals surface area contributed by atoms with Crippen LogP contribution in [0.1, 0.15) is 21.5 Å². The normalized spacial score (nSPS) is 10.7. The van der Waals surface area contributed by atoms with Crippen molar-refractivity contribution in [3.63, 3.8) is 0 Å². The minimum absolute atomic E-state index is 0.0280. The summed E-state index contributed by atoms with van der Waals surface area (Å²) < 4.78 is 10.0. The van der Waals surface area contributed by atoms with E-state index < -0.39 is 5.97 Å². The number of fused-ring (bicyclic) bond motifs is 1. The Bertz CT molecular complexity index is 1110. The molecule has 0 saturated carbocycles. The molecule has 30 heavy (non-hydrogen) atoms. The van der Waals surface area contributed by atoms with Gasteiger partial charge in [-0.05, 0) is 41.5 Å². The lowest BCUT2D eigenvalue weighted by Crippen LogP contribution is -2.25. The van der Waals surface area contributed by atoms with Crippen molar-refractivity contribution in [2.24, 2.45) is 0 Å². The molecule has 9 heteroatoms. The Morgan fingerprint density at radius 3 is 2.40 bits per heavy atom. The molecule has 6 nitrogen and oxygen atoms in total. The minimum atomic E-state index is -0.576. The molecule has 0 aliphatic carbocycles. The maximum absolute atomic E-state index is 12.4. The molecule has 3 aromatic rings. The number of esters is 1. The number of methoxy groups -OCH3 is 2. The van der Waals surface area contributed by atoms with Crippen molar-refractivity contribution in [2.75, 3.05) is 14.2 Å². The van der Waals surface area contributed by atoms with Crippen molar-refractivity contribution in [2.45, 2.75) is 13.0 Å². The number of rotatable bonds is 6. The van der Waals surface area contributed by atoms with E-state index in [2.05, 4.69) is 10.3 Å². The molecule has 0 spiro atoms. The molecular formula is C21H17Cl3N2O4. The van der Waals surface area contributed by atoms with Crippen LogP contribution in [0.2, 0.25) is 15.1 Å². The summed E-state index contributed by atoms with van der Waals surface area (Å²) in [6.07, 6.45) is 0.0280. The number of amides is 1. The van der Waals surface area contributed by atoms with Gasteiger partial charge >= 0.3 is 5.97 Å². The van der Waals surface area contributed by atoms with Crippen LogP contribution in [-0.2, 0) is 22.5 Å². The molecule has 0 aliphatic heterocycles. The molecule has 0 bridgehead atoms. The van der Waals surface area contributed by atoms with Crippen molar-refractivity contribution < 1.29 is 19.1 Å². The molecule has 0 fully saturated rings. The number of nitrogens with one attached hydrogen (secondary N) is 1. The molecule has 0 saturated heterocycles. The number of carbonyl (C=O) groups is 2. The van der Waals surface area contributed by atoms with Crippen molar-refractivity contribution in [3.8, 4) is 5.88 Å². The second-order valence-corrected chi connectivity index (χ2v) is 7.58. The average molecular weight is 468 g/mol. The van der Waals surface area contributed by atoms with Gasteiger partial charge in [-0.25, -0.2) is 9.78 Å². The number of pyridine rings is 1. The Morgan fingerprint density at radius 1 is 1.07 bits per heavy atom. The van der Waals surface area contributed by atoms with Crippen LogP contribution in [0, 0.1) is 0 Å². The van der Waals surface area contributed by atoms with E-state index >= 15 is 0 Å². The van der Waals surface area contributed by atoms with Crippen molar-refractivity contribution >= 4 is 57.6 Å². The summed E-state index contributed by atoms with van der Waals surface area (Å²) in [6.45, 7) is 0.158. The van der Waals surface area contributed by atoms with Crippen LogP contribution in [0.3, 0.4) is 0 Å². The predicted octanol–water partition coefficient (Wildman–Crippen LogP) is 4.85. The molecule has 1 N–H and O–H groups in total. The molecule has 156 valence electrons. The van der Waals surface area contributed by atoms with Crippen molar-refractivity contribution in [3.05, 3.63) is 68.2 Å². The summed E-state index contributed by atoms with van der Waals surface area (Å²) in [4.78, 5) is 28.9. The van der Waals surface area contributed by atoms with Gasteiger partial charge in [0.15, 0.2) is 0 Å². The van der Waals surface area contributed by atoms with Crippen molar-refractivity contribution in [1.82, 2.24) is 10.3 Å². The van der Waals surface area contributed by atoms with E-state index in [9.17, 15) is 9.59 Å². The van der Waals surface area contributed by atoms with E-state index in [0.717, 1.165) is 0 Å². The Hall–Kier alpha value is -2.54. The minimum Gasteiger partial charge on any atom is -0.480 e. The summed E-state index contributed by atoms with van der Waals surface area (Å²) in [5, 5.41) is 4.71. The van der Waals surface area contributed by atoms with Crippen LogP contribution in [0.25, 0.3) is 10.9 Å². The molecule has 1 heterocycles. The van der Waals surface area contributed by atoms with Crippen LogP contribution in [-0.4, -0.2) is 31.1 Å². The highest BCUT2D eigenvalue weighted by Crippen LogP contribution is 2.29. The molecular weight excluding hydrogens is 451 g/mol. The van der Waals surface area contributed by atoms with Crippen LogP contribution >= 0.6 is 34.8 Å². The van der Waals surface area contributed by atoms with Gasteiger partial charge in [0.2, 0.25) is 11.8 Å². The predicted molar refractivity (Wildman–Crippen MR) is 117 cm³/mol. The second-order valence-electron chi connectivity index (χ2n) is 6.33. The van der Waals surface area contributed by atoms with Crippen LogP contribution in [0.5, 0.6) is 5.88 Å². The highest BCUT2D eigenvalue weighted by molar-refractivity contribution is 6.36. The van der Waals surface area contributed by atoms with Gasteiger partial charge in [0.25, 0.3) is 0 Å². The Labute approximate surface area is 188 Å². The Kier molecular flexibility index (Phi) is 7.02. The number of hydrogen-bond donors (Lipinski definition) is 1. The highest BCUT2D eigenvalue weighted by Gasteiger charge is 2.18. The molecule has 3 rings (SSSR count). The summed E-state index contributed by atoms with van der Waals surface area (Å²) in [5.74, 6) is -0.726. The van der Waals surface area contributed by atoms with Gasteiger partial charge < -0.3 is 14.8 Å². The second kappa shape index (κ2) is 9.51. The molecule has 1 aromatic heterocycles. The SMILES string of the molecule is COC(=O)c1cc2cc(Cl)cc(CNC(=O)Cc3c(Cl)cccc3Cl)c2nc1OC. The fraction of sp³-hybridized carbons (Fsp3) is 0.190. The average Bonchev–Trinajstić information content (AvgIpc) is 2.73. The van der Waals surface area contributed by atoms with E-state index in [0.29, 0.717) is 37.1 Å². The maximum atomic E-state index is 12.4. The fourth-order valence-electron chi connectivity index (χ4n) is 2.97. The zero-order valence-corrected chi connectivity index (χ0v) is 18.4. The summed E-state index contributed by atoms with van der Waals surface area (Å²) in [7, 11) is 2.68. The van der Waals surface area contributed by atoms with Crippen LogP contribution in [0.15, 0.2) is 36.4 Å². The van der Waals surface area contributed by atoms with Gasteiger partial charge in [0.05, 0.1) is 26.2 Å². The van der Waals surface area contributed by atoms with E-state index in [1.54, 1.807) is 36.4 Å². The number of nitrogens with zero attached hydrogens (tertiary/aromatic N) is 1. The van der Waals surface area contributed by atoms with Gasteiger partial charge in [-0.2, -0.15) is 0 Å². The molecule has 0 unspecified atom stereocenters.